The first-order valence-electron chi connectivity index (χ1n) is 11.9. The molecule has 2 N–H and O–H groups in total. The Morgan fingerprint density at radius 1 is 1.08 bits per heavy atom. The van der Waals surface area contributed by atoms with E-state index in [4.69, 9.17) is 21.6 Å². The summed E-state index contributed by atoms with van der Waals surface area (Å²) in [7, 11) is 0. The molecule has 1 saturated heterocycles. The summed E-state index contributed by atoms with van der Waals surface area (Å²) in [4.78, 5) is 33.3. The second kappa shape index (κ2) is 9.20. The molecule has 0 unspecified atom stereocenters. The molecule has 2 aliphatic rings. The van der Waals surface area contributed by atoms with Crippen LogP contribution in [0.15, 0.2) is 60.3 Å². The Bertz CT molecular complexity index is 1540. The predicted molar refractivity (Wildman–Crippen MR) is 137 cm³/mol. The number of nitrogens with zero attached hydrogens (tertiary/aromatic N) is 4. The van der Waals surface area contributed by atoms with Crippen molar-refractivity contribution in [1.29, 1.82) is 0 Å². The van der Waals surface area contributed by atoms with Gasteiger partial charge in [0.05, 0.1) is 12.6 Å². The van der Waals surface area contributed by atoms with Gasteiger partial charge in [0.2, 0.25) is 11.9 Å². The molecule has 8 nitrogen and oxygen atoms in total. The maximum absolute atomic E-state index is 12.1. The zero-order valence-corrected chi connectivity index (χ0v) is 20.1. The van der Waals surface area contributed by atoms with E-state index >= 15 is 0 Å². The van der Waals surface area contributed by atoms with E-state index in [0.717, 1.165) is 30.4 Å². The van der Waals surface area contributed by atoms with Crippen LogP contribution in [0.25, 0.3) is 22.9 Å². The van der Waals surface area contributed by atoms with Crippen molar-refractivity contribution in [1.82, 2.24) is 24.9 Å². The van der Waals surface area contributed by atoms with E-state index in [2.05, 4.69) is 33.9 Å². The summed E-state index contributed by atoms with van der Waals surface area (Å²) in [6.07, 6.45) is 6.94. The summed E-state index contributed by atoms with van der Waals surface area (Å²) in [5, 5.41) is 10.9. The largest absolute Gasteiger partial charge is 0.351 e. The number of rotatable bonds is 7. The molecule has 6 rings (SSSR count). The number of imide groups is 1. The normalized spacial score (nSPS) is 16.6. The second-order valence-corrected chi connectivity index (χ2v) is 9.54. The number of nitrogens with one attached hydrogen (secondary N) is 2. The summed E-state index contributed by atoms with van der Waals surface area (Å²) in [6, 6.07) is 16.5. The van der Waals surface area contributed by atoms with Crippen LogP contribution in [0.2, 0.25) is 5.02 Å². The molecule has 2 amide bonds. The summed E-state index contributed by atoms with van der Waals surface area (Å²) >= 11 is 6.24. The Morgan fingerprint density at radius 3 is 2.72 bits per heavy atom. The van der Waals surface area contributed by atoms with Crippen molar-refractivity contribution in [2.24, 2.45) is 0 Å². The lowest BCUT2D eigenvalue weighted by atomic mass is 9.96. The average Bonchev–Trinajstić information content (AvgIpc) is 3.51. The molecule has 0 atom stereocenters. The zero-order chi connectivity index (χ0) is 24.6. The zero-order valence-electron chi connectivity index (χ0n) is 19.4. The Morgan fingerprint density at radius 2 is 1.94 bits per heavy atom. The summed E-state index contributed by atoms with van der Waals surface area (Å²) in [5.41, 5.74) is 5.06. The third-order valence-electron chi connectivity index (χ3n) is 6.35. The minimum atomic E-state index is -0.373. The molecule has 2 aromatic heterocycles. The van der Waals surface area contributed by atoms with Crippen molar-refractivity contribution in [3.05, 3.63) is 82.3 Å². The Kier molecular flexibility index (Phi) is 5.73. The highest BCUT2D eigenvalue weighted by Crippen LogP contribution is 2.28. The number of benzene rings is 2. The van der Waals surface area contributed by atoms with E-state index in [1.807, 2.05) is 30.3 Å². The van der Waals surface area contributed by atoms with Crippen LogP contribution in [0.1, 0.15) is 36.2 Å². The number of carbonyl (C=O) groups is 2. The van der Waals surface area contributed by atoms with Crippen molar-refractivity contribution in [3.8, 4) is 11.1 Å². The van der Waals surface area contributed by atoms with Gasteiger partial charge in [0.1, 0.15) is 5.82 Å². The van der Waals surface area contributed by atoms with Crippen molar-refractivity contribution >= 4 is 41.1 Å². The number of hydrogen-bond acceptors (Lipinski definition) is 6. The fraction of sp³-hybridized carbons (Fsp3) is 0.222. The van der Waals surface area contributed by atoms with Gasteiger partial charge in [-0.15, -0.1) is 0 Å². The van der Waals surface area contributed by atoms with Gasteiger partial charge in [-0.05, 0) is 54.2 Å². The first-order valence-corrected chi connectivity index (χ1v) is 12.3. The van der Waals surface area contributed by atoms with Crippen LogP contribution in [0.3, 0.4) is 0 Å². The Hall–Kier alpha value is -4.04. The molecule has 0 spiro atoms. The summed E-state index contributed by atoms with van der Waals surface area (Å²) in [6.45, 7) is 0. The van der Waals surface area contributed by atoms with Crippen LogP contribution >= 0.6 is 11.6 Å². The third-order valence-corrected chi connectivity index (χ3v) is 6.58. The van der Waals surface area contributed by atoms with E-state index in [1.54, 1.807) is 16.8 Å². The van der Waals surface area contributed by atoms with Crippen molar-refractivity contribution in [2.45, 2.75) is 38.1 Å². The highest BCUT2D eigenvalue weighted by Gasteiger charge is 2.26. The summed E-state index contributed by atoms with van der Waals surface area (Å²) in [5.74, 6) is 0.644. The molecule has 0 radical (unpaired) electrons. The maximum atomic E-state index is 12.1. The minimum absolute atomic E-state index is 0.0571. The highest BCUT2D eigenvalue weighted by molar-refractivity contribution is 6.30. The number of fused-ring (bicyclic) bond motifs is 1. The standard InChI is InChI=1S/C27H23ClN6O2/c28-20-6-3-5-17(13-20)22-7-2-1-4-16(22)8-11-23-31-25-19(12-18-14-24(35)33-26(18)36)15-29-34(25)27(32-23)30-21-9-10-21/h1-7,12-13,15,21H,8-11,14H2,(H,30,31,32)(H,33,35,36)/b18-12+. The molecule has 1 aliphatic heterocycles. The Labute approximate surface area is 212 Å². The monoisotopic (exact) mass is 498 g/mol. The molecule has 3 heterocycles. The summed E-state index contributed by atoms with van der Waals surface area (Å²) < 4.78 is 1.67. The molecule has 2 aromatic carbocycles. The number of hydrogen-bond donors (Lipinski definition) is 2. The quantitative estimate of drug-likeness (QED) is 0.292. The SMILES string of the molecule is O=C1C/C(=C\c2cnn3c(NC4CC4)nc(CCc4ccccc4-c4cccc(Cl)c4)nc23)C(=O)N1. The van der Waals surface area contributed by atoms with Gasteiger partial charge in [0.15, 0.2) is 5.65 Å². The van der Waals surface area contributed by atoms with E-state index in [0.29, 0.717) is 46.0 Å². The lowest BCUT2D eigenvalue weighted by molar-refractivity contribution is -0.124. The van der Waals surface area contributed by atoms with E-state index in [-0.39, 0.29) is 18.2 Å². The van der Waals surface area contributed by atoms with Gasteiger partial charge in [0.25, 0.3) is 5.91 Å². The van der Waals surface area contributed by atoms with Crippen LogP contribution < -0.4 is 10.6 Å². The molecular weight excluding hydrogens is 476 g/mol. The molecule has 36 heavy (non-hydrogen) atoms. The maximum Gasteiger partial charge on any atom is 0.254 e. The molecule has 2 fully saturated rings. The fourth-order valence-corrected chi connectivity index (χ4v) is 4.58. The van der Waals surface area contributed by atoms with Crippen LogP contribution in [-0.4, -0.2) is 37.4 Å². The van der Waals surface area contributed by atoms with Crippen LogP contribution in [0, 0.1) is 0 Å². The van der Waals surface area contributed by atoms with E-state index < -0.39 is 0 Å². The smallest absolute Gasteiger partial charge is 0.254 e. The number of amides is 2. The van der Waals surface area contributed by atoms with E-state index in [1.165, 1.54) is 5.56 Å². The first-order chi connectivity index (χ1) is 17.5. The van der Waals surface area contributed by atoms with Gasteiger partial charge in [-0.25, -0.2) is 4.98 Å². The Balaban J connectivity index is 1.34. The van der Waals surface area contributed by atoms with Crippen molar-refractivity contribution in [3.63, 3.8) is 0 Å². The van der Waals surface area contributed by atoms with Crippen LogP contribution in [-0.2, 0) is 22.4 Å². The third kappa shape index (κ3) is 4.59. The molecule has 180 valence electrons. The number of aromatic nitrogens is 4. The van der Waals surface area contributed by atoms with Crippen LogP contribution in [0.5, 0.6) is 0 Å². The number of carbonyl (C=O) groups excluding carboxylic acids is 2. The number of aryl methyl sites for hydroxylation is 2. The molecule has 1 aliphatic carbocycles. The topological polar surface area (TPSA) is 101 Å². The highest BCUT2D eigenvalue weighted by atomic mass is 35.5. The van der Waals surface area contributed by atoms with Gasteiger partial charge in [-0.3, -0.25) is 14.9 Å². The molecule has 9 heteroatoms. The number of halogens is 1. The molecule has 0 bridgehead atoms. The fourth-order valence-electron chi connectivity index (χ4n) is 4.39. The average molecular weight is 499 g/mol. The van der Waals surface area contributed by atoms with Gasteiger partial charge in [-0.1, -0.05) is 48.0 Å². The van der Waals surface area contributed by atoms with Crippen LogP contribution in [0.4, 0.5) is 5.95 Å². The van der Waals surface area contributed by atoms with Gasteiger partial charge < -0.3 is 5.32 Å². The van der Waals surface area contributed by atoms with Gasteiger partial charge in [0, 0.05) is 28.6 Å². The predicted octanol–water partition coefficient (Wildman–Crippen LogP) is 4.23. The molecule has 4 aromatic rings. The first kappa shape index (κ1) is 22.4. The van der Waals surface area contributed by atoms with E-state index in [9.17, 15) is 9.59 Å². The van der Waals surface area contributed by atoms with Crippen molar-refractivity contribution in [2.75, 3.05) is 5.32 Å². The number of anilines is 1. The molecular formula is C27H23ClN6O2. The van der Waals surface area contributed by atoms with Gasteiger partial charge >= 0.3 is 0 Å². The second-order valence-electron chi connectivity index (χ2n) is 9.11. The lowest BCUT2D eigenvalue weighted by Crippen LogP contribution is -2.19. The molecule has 1 saturated carbocycles. The van der Waals surface area contributed by atoms with Crippen molar-refractivity contribution < 1.29 is 9.59 Å². The lowest BCUT2D eigenvalue weighted by Gasteiger charge is -2.11. The minimum Gasteiger partial charge on any atom is -0.351 e. The van der Waals surface area contributed by atoms with Gasteiger partial charge in [-0.2, -0.15) is 14.6 Å².